The van der Waals surface area contributed by atoms with E-state index in [1.165, 1.54) is 12.8 Å². The molecule has 1 saturated heterocycles. The Morgan fingerprint density at radius 2 is 2.06 bits per heavy atom. The number of hydrogen-bond acceptors (Lipinski definition) is 4. The Kier molecular flexibility index (Phi) is 4.21. The predicted molar refractivity (Wildman–Crippen MR) is 71.9 cm³/mol. The van der Waals surface area contributed by atoms with E-state index < -0.39 is 0 Å². The maximum atomic E-state index is 6.09. The summed E-state index contributed by atoms with van der Waals surface area (Å²) in [5, 5.41) is 0.518. The number of nitrogens with zero attached hydrogens (tertiary/aromatic N) is 3. The quantitative estimate of drug-likeness (QED) is 0.618. The van der Waals surface area contributed by atoms with E-state index >= 15 is 0 Å². The summed E-state index contributed by atoms with van der Waals surface area (Å²) < 4.78 is 5.99. The van der Waals surface area contributed by atoms with E-state index in [1.54, 1.807) is 7.11 Å². The molecule has 0 spiro atoms. The van der Waals surface area contributed by atoms with Crippen LogP contribution < -0.4 is 4.90 Å². The van der Waals surface area contributed by atoms with Gasteiger partial charge in [0.25, 0.3) is 0 Å². The van der Waals surface area contributed by atoms with E-state index in [0.717, 1.165) is 28.3 Å². The van der Waals surface area contributed by atoms with Gasteiger partial charge in [0.05, 0.1) is 15.9 Å². The van der Waals surface area contributed by atoms with Crippen molar-refractivity contribution in [3.8, 4) is 0 Å². The van der Waals surface area contributed by atoms with Crippen molar-refractivity contribution in [3.63, 3.8) is 0 Å². The minimum absolute atomic E-state index is 0.474. The number of hydrogen-bond donors (Lipinski definition) is 0. The Labute approximate surface area is 113 Å². The van der Waals surface area contributed by atoms with Crippen LogP contribution >= 0.6 is 34.2 Å². The van der Waals surface area contributed by atoms with Crippen molar-refractivity contribution in [1.82, 2.24) is 9.97 Å². The number of halogens is 2. The lowest BCUT2D eigenvalue weighted by molar-refractivity contribution is 0.180. The first-order chi connectivity index (χ1) is 7.72. The minimum Gasteiger partial charge on any atom is -0.378 e. The van der Waals surface area contributed by atoms with Gasteiger partial charge in [0.2, 0.25) is 5.95 Å². The Bertz CT molecular complexity index is 383. The zero-order chi connectivity index (χ0) is 11.5. The molecule has 0 aromatic carbocycles. The number of anilines is 1. The average Bonchev–Trinajstić information content (AvgIpc) is 2.78. The van der Waals surface area contributed by atoms with E-state index in [4.69, 9.17) is 16.3 Å². The standard InChI is InChI=1S/C10H13ClIN3O/c1-16-6-7-8(12)9(11)14-10(13-7)15-4-2-3-5-15/h2-6H2,1H3. The summed E-state index contributed by atoms with van der Waals surface area (Å²) in [5.41, 5.74) is 0.866. The number of rotatable bonds is 3. The van der Waals surface area contributed by atoms with Gasteiger partial charge in [0.1, 0.15) is 5.15 Å². The van der Waals surface area contributed by atoms with Crippen LogP contribution in [-0.2, 0) is 11.3 Å². The average molecular weight is 354 g/mol. The zero-order valence-electron chi connectivity index (χ0n) is 9.04. The molecular weight excluding hydrogens is 340 g/mol. The van der Waals surface area contributed by atoms with E-state index in [0.29, 0.717) is 11.8 Å². The highest BCUT2D eigenvalue weighted by Gasteiger charge is 2.18. The van der Waals surface area contributed by atoms with Gasteiger partial charge in [-0.15, -0.1) is 0 Å². The van der Waals surface area contributed by atoms with Crippen molar-refractivity contribution >= 4 is 40.1 Å². The monoisotopic (exact) mass is 353 g/mol. The minimum atomic E-state index is 0.474. The first kappa shape index (κ1) is 12.3. The molecule has 0 unspecified atom stereocenters. The largest absolute Gasteiger partial charge is 0.378 e. The third-order valence-electron chi connectivity index (χ3n) is 2.54. The van der Waals surface area contributed by atoms with Gasteiger partial charge in [-0.1, -0.05) is 11.6 Å². The van der Waals surface area contributed by atoms with Gasteiger partial charge in [-0.25, -0.2) is 4.98 Å². The SMILES string of the molecule is COCc1nc(N2CCCC2)nc(Cl)c1I. The van der Waals surface area contributed by atoms with Gasteiger partial charge < -0.3 is 9.64 Å². The van der Waals surface area contributed by atoms with Crippen molar-refractivity contribution in [2.24, 2.45) is 0 Å². The molecule has 0 radical (unpaired) electrons. The molecule has 1 aromatic rings. The highest BCUT2D eigenvalue weighted by molar-refractivity contribution is 14.1. The zero-order valence-corrected chi connectivity index (χ0v) is 12.0. The van der Waals surface area contributed by atoms with E-state index in [2.05, 4.69) is 37.5 Å². The van der Waals surface area contributed by atoms with E-state index in [9.17, 15) is 0 Å². The van der Waals surface area contributed by atoms with Crippen LogP contribution in [0.15, 0.2) is 0 Å². The van der Waals surface area contributed by atoms with Crippen molar-refractivity contribution < 1.29 is 4.74 Å². The van der Waals surface area contributed by atoms with E-state index in [-0.39, 0.29) is 0 Å². The number of aromatic nitrogens is 2. The molecule has 0 atom stereocenters. The fourth-order valence-corrected chi connectivity index (χ4v) is 2.32. The second-order valence-corrected chi connectivity index (χ2v) is 5.14. The maximum Gasteiger partial charge on any atom is 0.227 e. The highest BCUT2D eigenvalue weighted by Crippen LogP contribution is 2.24. The van der Waals surface area contributed by atoms with Gasteiger partial charge in [-0.05, 0) is 35.4 Å². The topological polar surface area (TPSA) is 38.2 Å². The summed E-state index contributed by atoms with van der Waals surface area (Å²) in [4.78, 5) is 11.0. The van der Waals surface area contributed by atoms with Gasteiger partial charge in [0, 0.05) is 20.2 Å². The van der Waals surface area contributed by atoms with Crippen LogP contribution in [0.4, 0.5) is 5.95 Å². The second kappa shape index (κ2) is 5.46. The molecule has 0 aliphatic carbocycles. The summed E-state index contributed by atoms with van der Waals surface area (Å²) in [6.07, 6.45) is 2.40. The van der Waals surface area contributed by atoms with Gasteiger partial charge in [-0.2, -0.15) is 4.98 Å². The predicted octanol–water partition coefficient (Wildman–Crippen LogP) is 2.48. The summed E-state index contributed by atoms with van der Waals surface area (Å²) >= 11 is 8.24. The third kappa shape index (κ3) is 2.57. The summed E-state index contributed by atoms with van der Waals surface area (Å²) in [6, 6.07) is 0. The Morgan fingerprint density at radius 3 is 2.69 bits per heavy atom. The first-order valence-corrected chi connectivity index (χ1v) is 6.64. The van der Waals surface area contributed by atoms with Crippen LogP contribution in [0.25, 0.3) is 0 Å². The molecule has 0 N–H and O–H groups in total. The molecule has 2 heterocycles. The third-order valence-corrected chi connectivity index (χ3v) is 4.26. The fraction of sp³-hybridized carbons (Fsp3) is 0.600. The lowest BCUT2D eigenvalue weighted by atomic mass is 10.4. The molecule has 1 fully saturated rings. The van der Waals surface area contributed by atoms with Crippen LogP contribution in [0.2, 0.25) is 5.15 Å². The van der Waals surface area contributed by atoms with Crippen molar-refractivity contribution in [3.05, 3.63) is 14.4 Å². The molecule has 0 amide bonds. The highest BCUT2D eigenvalue weighted by atomic mass is 127. The molecule has 6 heteroatoms. The number of methoxy groups -OCH3 is 1. The molecule has 2 rings (SSSR count). The van der Waals surface area contributed by atoms with Crippen molar-refractivity contribution in [2.75, 3.05) is 25.1 Å². The van der Waals surface area contributed by atoms with Crippen LogP contribution in [0.3, 0.4) is 0 Å². The molecule has 4 nitrogen and oxygen atoms in total. The van der Waals surface area contributed by atoms with Crippen LogP contribution in [0, 0.1) is 3.57 Å². The van der Waals surface area contributed by atoms with Gasteiger partial charge >= 0.3 is 0 Å². The molecule has 88 valence electrons. The lowest BCUT2D eigenvalue weighted by Gasteiger charge is -2.16. The molecule has 16 heavy (non-hydrogen) atoms. The first-order valence-electron chi connectivity index (χ1n) is 5.18. The second-order valence-electron chi connectivity index (χ2n) is 3.70. The van der Waals surface area contributed by atoms with Crippen molar-refractivity contribution in [1.29, 1.82) is 0 Å². The Balaban J connectivity index is 2.31. The normalized spacial score (nSPS) is 15.8. The summed E-state index contributed by atoms with van der Waals surface area (Å²) in [6.45, 7) is 2.51. The summed E-state index contributed by atoms with van der Waals surface area (Å²) in [7, 11) is 1.65. The molecule has 0 bridgehead atoms. The Hall–Kier alpha value is -0.140. The number of ether oxygens (including phenoxy) is 1. The molecule has 0 saturated carbocycles. The molecular formula is C10H13ClIN3O. The Morgan fingerprint density at radius 1 is 1.38 bits per heavy atom. The maximum absolute atomic E-state index is 6.09. The van der Waals surface area contributed by atoms with Crippen LogP contribution in [-0.4, -0.2) is 30.2 Å². The summed E-state index contributed by atoms with van der Waals surface area (Å²) in [5.74, 6) is 0.731. The fourth-order valence-electron chi connectivity index (χ4n) is 1.74. The smallest absolute Gasteiger partial charge is 0.227 e. The lowest BCUT2D eigenvalue weighted by Crippen LogP contribution is -2.21. The molecule has 1 aliphatic rings. The van der Waals surface area contributed by atoms with Crippen molar-refractivity contribution in [2.45, 2.75) is 19.4 Å². The van der Waals surface area contributed by atoms with E-state index in [1.807, 2.05) is 0 Å². The van der Waals surface area contributed by atoms with Gasteiger partial charge in [-0.3, -0.25) is 0 Å². The van der Waals surface area contributed by atoms with Crippen LogP contribution in [0.1, 0.15) is 18.5 Å². The van der Waals surface area contributed by atoms with Gasteiger partial charge in [0.15, 0.2) is 0 Å². The van der Waals surface area contributed by atoms with Crippen LogP contribution in [0.5, 0.6) is 0 Å². The molecule has 1 aliphatic heterocycles. The molecule has 1 aromatic heterocycles.